The Hall–Kier alpha value is -1.98. The molecule has 0 saturated carbocycles. The van der Waals surface area contributed by atoms with E-state index in [1.807, 2.05) is 32.9 Å². The maximum atomic E-state index is 12.2. The molecule has 3 rings (SSSR count). The molecule has 5 heteroatoms. The molecule has 1 atom stereocenters. The number of rotatable bonds is 3. The highest BCUT2D eigenvalue weighted by atomic mass is 32.1. The van der Waals surface area contributed by atoms with Gasteiger partial charge in [0.05, 0.1) is 17.2 Å². The molecule has 0 bridgehead atoms. The molecular formula is C17H19N3OS. The Morgan fingerprint density at radius 2 is 2.00 bits per heavy atom. The minimum atomic E-state index is -0.232. The van der Waals surface area contributed by atoms with E-state index in [9.17, 15) is 4.79 Å². The molecule has 4 nitrogen and oxygen atoms in total. The molecular weight excluding hydrogens is 294 g/mol. The predicted octanol–water partition coefficient (Wildman–Crippen LogP) is 3.61. The van der Waals surface area contributed by atoms with Crippen LogP contribution < -0.4 is 10.6 Å². The van der Waals surface area contributed by atoms with Crippen LogP contribution in [0, 0.1) is 13.8 Å². The van der Waals surface area contributed by atoms with E-state index in [4.69, 9.17) is 0 Å². The van der Waals surface area contributed by atoms with E-state index >= 15 is 0 Å². The van der Waals surface area contributed by atoms with Crippen molar-refractivity contribution in [2.24, 2.45) is 0 Å². The fourth-order valence-electron chi connectivity index (χ4n) is 2.53. The molecule has 2 heterocycles. The number of thiophene rings is 1. The number of anilines is 1. The average molecular weight is 313 g/mol. The first-order valence-corrected chi connectivity index (χ1v) is 8.10. The van der Waals surface area contributed by atoms with Crippen LogP contribution >= 0.6 is 11.3 Å². The Morgan fingerprint density at radius 1 is 1.23 bits per heavy atom. The number of hydrogen-bond acceptors (Lipinski definition) is 4. The molecule has 0 aliphatic heterocycles. The van der Waals surface area contributed by atoms with Crippen LogP contribution in [0.2, 0.25) is 0 Å². The molecule has 22 heavy (non-hydrogen) atoms. The standard InChI is InChI=1S/C17H19N3OS/c1-9-5-6-12-13(19-9)7-8-14-15(12)16(11(3)22-14)20-17(21)10(2)18-4/h5-8,10,18H,1-4H3,(H,20,21). The molecule has 114 valence electrons. The second-order valence-electron chi connectivity index (χ2n) is 5.49. The minimum absolute atomic E-state index is 0.0256. The number of likely N-dealkylation sites (N-methyl/N-ethyl adjacent to an activating group) is 1. The summed E-state index contributed by atoms with van der Waals surface area (Å²) >= 11 is 1.70. The zero-order valence-corrected chi connectivity index (χ0v) is 14.0. The van der Waals surface area contributed by atoms with Crippen LogP contribution in [0.5, 0.6) is 0 Å². The van der Waals surface area contributed by atoms with Crippen molar-refractivity contribution in [2.75, 3.05) is 12.4 Å². The molecule has 1 unspecified atom stereocenters. The number of carbonyl (C=O) groups excluding carboxylic acids is 1. The Kier molecular flexibility index (Phi) is 3.85. The minimum Gasteiger partial charge on any atom is -0.323 e. The number of amides is 1. The lowest BCUT2D eigenvalue weighted by molar-refractivity contribution is -0.117. The van der Waals surface area contributed by atoms with Crippen LogP contribution in [0.4, 0.5) is 5.69 Å². The van der Waals surface area contributed by atoms with Crippen LogP contribution in [0.15, 0.2) is 24.3 Å². The summed E-state index contributed by atoms with van der Waals surface area (Å²) in [6, 6.07) is 7.99. The highest BCUT2D eigenvalue weighted by Crippen LogP contribution is 2.39. The Balaban J connectivity index is 2.20. The van der Waals surface area contributed by atoms with Crippen molar-refractivity contribution >= 4 is 43.9 Å². The number of aryl methyl sites for hydroxylation is 2. The van der Waals surface area contributed by atoms with Gasteiger partial charge in [-0.3, -0.25) is 9.78 Å². The quantitative estimate of drug-likeness (QED) is 0.776. The van der Waals surface area contributed by atoms with E-state index in [1.54, 1.807) is 18.4 Å². The van der Waals surface area contributed by atoms with E-state index in [0.717, 1.165) is 32.5 Å². The average Bonchev–Trinajstić information content (AvgIpc) is 2.82. The van der Waals surface area contributed by atoms with Gasteiger partial charge in [-0.25, -0.2) is 0 Å². The second kappa shape index (κ2) is 5.66. The number of nitrogens with one attached hydrogen (secondary N) is 2. The van der Waals surface area contributed by atoms with Crippen LogP contribution in [0.1, 0.15) is 17.5 Å². The molecule has 0 aliphatic rings. The lowest BCUT2D eigenvalue weighted by Crippen LogP contribution is -2.35. The van der Waals surface area contributed by atoms with Gasteiger partial charge in [0.1, 0.15) is 0 Å². The van der Waals surface area contributed by atoms with Gasteiger partial charge in [0.15, 0.2) is 0 Å². The SMILES string of the molecule is CNC(C)C(=O)Nc1c(C)sc2ccc3nc(C)ccc3c12. The zero-order valence-electron chi connectivity index (χ0n) is 13.2. The summed E-state index contributed by atoms with van der Waals surface area (Å²) in [4.78, 5) is 17.9. The molecule has 2 aromatic heterocycles. The molecule has 3 aromatic rings. The van der Waals surface area contributed by atoms with Gasteiger partial charge in [-0.15, -0.1) is 11.3 Å². The van der Waals surface area contributed by atoms with Gasteiger partial charge in [-0.05, 0) is 46.0 Å². The molecule has 2 N–H and O–H groups in total. The molecule has 1 amide bonds. The summed E-state index contributed by atoms with van der Waals surface area (Å²) in [5.41, 5.74) is 2.86. The topological polar surface area (TPSA) is 54.0 Å². The number of aromatic nitrogens is 1. The fraction of sp³-hybridized carbons (Fsp3) is 0.294. The first kappa shape index (κ1) is 14.9. The lowest BCUT2D eigenvalue weighted by Gasteiger charge is -2.12. The maximum Gasteiger partial charge on any atom is 0.241 e. The van der Waals surface area contributed by atoms with Gasteiger partial charge in [0.2, 0.25) is 5.91 Å². The molecule has 1 aromatic carbocycles. The number of carbonyl (C=O) groups is 1. The molecule has 0 spiro atoms. The van der Waals surface area contributed by atoms with Crippen molar-refractivity contribution in [3.8, 4) is 0 Å². The third-order valence-electron chi connectivity index (χ3n) is 3.91. The van der Waals surface area contributed by atoms with E-state index in [2.05, 4.69) is 27.8 Å². The summed E-state index contributed by atoms with van der Waals surface area (Å²) in [5, 5.41) is 8.21. The van der Waals surface area contributed by atoms with Crippen molar-refractivity contribution in [3.05, 3.63) is 34.8 Å². The van der Waals surface area contributed by atoms with Crippen LogP contribution in [-0.2, 0) is 4.79 Å². The first-order valence-electron chi connectivity index (χ1n) is 7.29. The van der Waals surface area contributed by atoms with Gasteiger partial charge in [-0.2, -0.15) is 0 Å². The number of nitrogens with zero attached hydrogens (tertiary/aromatic N) is 1. The Morgan fingerprint density at radius 3 is 2.73 bits per heavy atom. The molecule has 0 aliphatic carbocycles. The van der Waals surface area contributed by atoms with Crippen molar-refractivity contribution in [3.63, 3.8) is 0 Å². The predicted molar refractivity (Wildman–Crippen MR) is 93.8 cm³/mol. The van der Waals surface area contributed by atoms with E-state index in [0.29, 0.717) is 0 Å². The molecule has 0 radical (unpaired) electrons. The van der Waals surface area contributed by atoms with Crippen LogP contribution in [0.3, 0.4) is 0 Å². The monoisotopic (exact) mass is 313 g/mol. The van der Waals surface area contributed by atoms with E-state index in [1.165, 1.54) is 4.70 Å². The fourth-order valence-corrected chi connectivity index (χ4v) is 3.57. The number of pyridine rings is 1. The Bertz CT molecular complexity index is 869. The number of benzene rings is 1. The Labute approximate surface area is 133 Å². The summed E-state index contributed by atoms with van der Waals surface area (Å²) < 4.78 is 1.17. The van der Waals surface area contributed by atoms with Gasteiger partial charge < -0.3 is 10.6 Å². The van der Waals surface area contributed by atoms with Gasteiger partial charge in [-0.1, -0.05) is 6.07 Å². The van der Waals surface area contributed by atoms with E-state index < -0.39 is 0 Å². The summed E-state index contributed by atoms with van der Waals surface area (Å²) in [6.45, 7) is 5.87. The highest BCUT2D eigenvalue weighted by molar-refractivity contribution is 7.20. The maximum absolute atomic E-state index is 12.2. The van der Waals surface area contributed by atoms with Crippen molar-refractivity contribution < 1.29 is 4.79 Å². The van der Waals surface area contributed by atoms with Crippen LogP contribution in [0.25, 0.3) is 21.0 Å². The van der Waals surface area contributed by atoms with Gasteiger partial charge >= 0.3 is 0 Å². The first-order chi connectivity index (χ1) is 10.5. The smallest absolute Gasteiger partial charge is 0.241 e. The van der Waals surface area contributed by atoms with Gasteiger partial charge in [0.25, 0.3) is 0 Å². The molecule has 0 fully saturated rings. The van der Waals surface area contributed by atoms with Crippen molar-refractivity contribution in [1.29, 1.82) is 0 Å². The second-order valence-corrected chi connectivity index (χ2v) is 6.75. The normalized spacial score (nSPS) is 12.7. The van der Waals surface area contributed by atoms with Crippen molar-refractivity contribution in [1.82, 2.24) is 10.3 Å². The highest BCUT2D eigenvalue weighted by Gasteiger charge is 2.17. The van der Waals surface area contributed by atoms with E-state index in [-0.39, 0.29) is 11.9 Å². The lowest BCUT2D eigenvalue weighted by atomic mass is 10.1. The van der Waals surface area contributed by atoms with Gasteiger partial charge in [0, 0.05) is 26.0 Å². The number of hydrogen-bond donors (Lipinski definition) is 2. The third kappa shape index (κ3) is 2.46. The summed E-state index contributed by atoms with van der Waals surface area (Å²) in [7, 11) is 1.78. The largest absolute Gasteiger partial charge is 0.323 e. The van der Waals surface area contributed by atoms with Crippen molar-refractivity contribution in [2.45, 2.75) is 26.8 Å². The van der Waals surface area contributed by atoms with Crippen LogP contribution in [-0.4, -0.2) is 24.0 Å². The number of fused-ring (bicyclic) bond motifs is 3. The molecule has 0 saturated heterocycles. The summed E-state index contributed by atoms with van der Waals surface area (Å²) in [5.74, 6) is -0.0256. The third-order valence-corrected chi connectivity index (χ3v) is 4.98. The summed E-state index contributed by atoms with van der Waals surface area (Å²) in [6.07, 6.45) is 0. The zero-order chi connectivity index (χ0) is 15.9.